The Bertz CT molecular complexity index is 904. The fourth-order valence-corrected chi connectivity index (χ4v) is 3.20. The van der Waals surface area contributed by atoms with Crippen molar-refractivity contribution < 1.29 is 4.74 Å². The van der Waals surface area contributed by atoms with Gasteiger partial charge in [-0.15, -0.1) is 0 Å². The normalized spacial score (nSPS) is 20.3. The van der Waals surface area contributed by atoms with Crippen LogP contribution in [-0.4, -0.2) is 45.2 Å². The van der Waals surface area contributed by atoms with Gasteiger partial charge in [0.15, 0.2) is 17.0 Å². The lowest BCUT2D eigenvalue weighted by atomic mass is 10.2. The van der Waals surface area contributed by atoms with Crippen molar-refractivity contribution in [2.45, 2.75) is 33.0 Å². The Hall–Kier alpha value is -2.80. The second-order valence-corrected chi connectivity index (χ2v) is 6.75. The maximum Gasteiger partial charge on any atom is 0.229 e. The number of benzene rings is 1. The van der Waals surface area contributed by atoms with Gasteiger partial charge in [0.25, 0.3) is 0 Å². The first-order chi connectivity index (χ1) is 12.6. The first kappa shape index (κ1) is 16.7. The second kappa shape index (κ2) is 6.84. The quantitative estimate of drug-likeness (QED) is 0.778. The molecule has 1 aromatic carbocycles. The highest BCUT2D eigenvalue weighted by atomic mass is 16.5. The van der Waals surface area contributed by atoms with Crippen LogP contribution in [0.15, 0.2) is 36.7 Å². The Kier molecular flexibility index (Phi) is 4.38. The molecule has 4 rings (SSSR count). The fraction of sp³-hybridized carbons (Fsp3) is 0.368. The summed E-state index contributed by atoms with van der Waals surface area (Å²) in [5, 5.41) is 3.36. The predicted molar refractivity (Wildman–Crippen MR) is 102 cm³/mol. The van der Waals surface area contributed by atoms with Gasteiger partial charge < -0.3 is 15.0 Å². The number of anilines is 3. The Morgan fingerprint density at radius 1 is 1.00 bits per heavy atom. The minimum atomic E-state index is 0.133. The summed E-state index contributed by atoms with van der Waals surface area (Å²) in [6, 6.07) is 8.17. The van der Waals surface area contributed by atoms with Crippen molar-refractivity contribution in [3.63, 3.8) is 0 Å². The Balaban J connectivity index is 1.74. The maximum absolute atomic E-state index is 5.82. The number of hydrogen-bond donors (Lipinski definition) is 1. The Morgan fingerprint density at radius 2 is 1.69 bits per heavy atom. The van der Waals surface area contributed by atoms with Crippen molar-refractivity contribution in [2.75, 3.05) is 23.3 Å². The molecule has 7 nitrogen and oxygen atoms in total. The minimum Gasteiger partial charge on any atom is -0.372 e. The molecule has 2 atom stereocenters. The zero-order valence-electron chi connectivity index (χ0n) is 15.2. The zero-order chi connectivity index (χ0) is 18.1. The van der Waals surface area contributed by atoms with E-state index in [0.717, 1.165) is 18.8 Å². The molecule has 2 aromatic heterocycles. The molecule has 1 aliphatic rings. The van der Waals surface area contributed by atoms with Gasteiger partial charge in [0, 0.05) is 31.2 Å². The molecule has 0 radical (unpaired) electrons. The first-order valence-electron chi connectivity index (χ1n) is 8.81. The van der Waals surface area contributed by atoms with Gasteiger partial charge in [0.1, 0.15) is 0 Å². The van der Waals surface area contributed by atoms with Crippen molar-refractivity contribution >= 4 is 28.6 Å². The molecule has 1 aliphatic heterocycles. The van der Waals surface area contributed by atoms with Crippen molar-refractivity contribution in [1.29, 1.82) is 0 Å². The molecule has 134 valence electrons. The molecule has 1 N–H and O–H groups in total. The van der Waals surface area contributed by atoms with Crippen LogP contribution in [0.5, 0.6) is 0 Å². The van der Waals surface area contributed by atoms with Crippen LogP contribution in [0.25, 0.3) is 11.2 Å². The summed E-state index contributed by atoms with van der Waals surface area (Å²) in [6.07, 6.45) is 3.58. The third-order valence-corrected chi connectivity index (χ3v) is 4.34. The maximum atomic E-state index is 5.82. The molecule has 0 aliphatic carbocycles. The third kappa shape index (κ3) is 3.43. The van der Waals surface area contributed by atoms with Crippen molar-refractivity contribution in [1.82, 2.24) is 19.9 Å². The van der Waals surface area contributed by atoms with E-state index in [1.807, 2.05) is 12.1 Å². The van der Waals surface area contributed by atoms with Crippen LogP contribution in [0, 0.1) is 6.92 Å². The summed E-state index contributed by atoms with van der Waals surface area (Å²) in [7, 11) is 0. The monoisotopic (exact) mass is 350 g/mol. The van der Waals surface area contributed by atoms with Gasteiger partial charge in [0.05, 0.1) is 12.2 Å². The summed E-state index contributed by atoms with van der Waals surface area (Å²) >= 11 is 0. The second-order valence-electron chi connectivity index (χ2n) is 6.75. The summed E-state index contributed by atoms with van der Waals surface area (Å²) < 4.78 is 5.82. The molecule has 0 unspecified atom stereocenters. The third-order valence-electron chi connectivity index (χ3n) is 4.34. The van der Waals surface area contributed by atoms with Crippen LogP contribution in [0.1, 0.15) is 19.4 Å². The molecule has 0 spiro atoms. The van der Waals surface area contributed by atoms with Gasteiger partial charge in [-0.05, 0) is 32.9 Å². The van der Waals surface area contributed by atoms with Gasteiger partial charge >= 0.3 is 0 Å². The van der Waals surface area contributed by atoms with Gasteiger partial charge in [-0.3, -0.25) is 0 Å². The van der Waals surface area contributed by atoms with Crippen LogP contribution >= 0.6 is 0 Å². The lowest BCUT2D eigenvalue weighted by Crippen LogP contribution is -2.46. The number of rotatable bonds is 3. The van der Waals surface area contributed by atoms with Gasteiger partial charge in [-0.2, -0.15) is 9.97 Å². The number of fused-ring (bicyclic) bond motifs is 1. The van der Waals surface area contributed by atoms with Gasteiger partial charge in [-0.25, -0.2) is 9.97 Å². The Morgan fingerprint density at radius 3 is 2.42 bits per heavy atom. The highest BCUT2D eigenvalue weighted by Gasteiger charge is 2.25. The van der Waals surface area contributed by atoms with Gasteiger partial charge in [-0.1, -0.05) is 17.7 Å². The number of nitrogens with one attached hydrogen (secondary N) is 1. The lowest BCUT2D eigenvalue weighted by Gasteiger charge is -2.35. The highest BCUT2D eigenvalue weighted by Crippen LogP contribution is 2.25. The van der Waals surface area contributed by atoms with E-state index >= 15 is 0 Å². The van der Waals surface area contributed by atoms with Crippen LogP contribution in [-0.2, 0) is 4.74 Å². The van der Waals surface area contributed by atoms with E-state index in [1.54, 1.807) is 12.4 Å². The highest BCUT2D eigenvalue weighted by molar-refractivity contribution is 5.85. The largest absolute Gasteiger partial charge is 0.372 e. The molecule has 7 heteroatoms. The number of ether oxygens (including phenoxy) is 1. The summed E-state index contributed by atoms with van der Waals surface area (Å²) in [4.78, 5) is 20.3. The molecule has 0 saturated carbocycles. The molecule has 1 fully saturated rings. The number of aryl methyl sites for hydroxylation is 1. The molecule has 26 heavy (non-hydrogen) atoms. The average molecular weight is 350 g/mol. The fourth-order valence-electron chi connectivity index (χ4n) is 3.20. The number of nitrogens with zero attached hydrogens (tertiary/aromatic N) is 5. The number of hydrogen-bond acceptors (Lipinski definition) is 7. The van der Waals surface area contributed by atoms with E-state index in [0.29, 0.717) is 22.9 Å². The zero-order valence-corrected chi connectivity index (χ0v) is 15.2. The Labute approximate surface area is 152 Å². The minimum absolute atomic E-state index is 0.133. The number of aromatic nitrogens is 4. The smallest absolute Gasteiger partial charge is 0.229 e. The van der Waals surface area contributed by atoms with E-state index in [9.17, 15) is 0 Å². The summed E-state index contributed by atoms with van der Waals surface area (Å²) in [5.74, 6) is 1.31. The predicted octanol–water partition coefficient (Wildman–Crippen LogP) is 3.09. The first-order valence-corrected chi connectivity index (χ1v) is 8.81. The van der Waals surface area contributed by atoms with Crippen LogP contribution < -0.4 is 10.2 Å². The number of morpholine rings is 1. The van der Waals surface area contributed by atoms with Crippen molar-refractivity contribution in [3.8, 4) is 0 Å². The molecule has 0 amide bonds. The SMILES string of the molecule is Cc1ccc(Nc2nc(N3C[C@@H](C)O[C@@H](C)C3)nc3nccnc23)cc1. The average Bonchev–Trinajstić information content (AvgIpc) is 2.63. The van der Waals surface area contributed by atoms with Crippen molar-refractivity contribution in [2.24, 2.45) is 0 Å². The standard InChI is InChI=1S/C19H22N6O/c1-12-4-6-15(7-5-12)22-18-16-17(21-9-8-20-16)23-19(24-18)25-10-13(2)26-14(3)11-25/h4-9,13-14H,10-11H2,1-3H3,(H,21,22,23,24)/t13-,14+. The van der Waals surface area contributed by atoms with Crippen LogP contribution in [0.2, 0.25) is 0 Å². The molecule has 3 heterocycles. The molecule has 3 aromatic rings. The van der Waals surface area contributed by atoms with Crippen LogP contribution in [0.4, 0.5) is 17.5 Å². The van der Waals surface area contributed by atoms with E-state index < -0.39 is 0 Å². The molecule has 0 bridgehead atoms. The van der Waals surface area contributed by atoms with E-state index in [2.05, 4.69) is 58.1 Å². The molecular weight excluding hydrogens is 328 g/mol. The lowest BCUT2D eigenvalue weighted by molar-refractivity contribution is -0.00569. The van der Waals surface area contributed by atoms with Gasteiger partial charge in [0.2, 0.25) is 5.95 Å². The van der Waals surface area contributed by atoms with E-state index in [1.165, 1.54) is 5.56 Å². The van der Waals surface area contributed by atoms with E-state index in [4.69, 9.17) is 9.72 Å². The molecular formula is C19H22N6O. The van der Waals surface area contributed by atoms with Crippen LogP contribution in [0.3, 0.4) is 0 Å². The summed E-state index contributed by atoms with van der Waals surface area (Å²) in [6.45, 7) is 7.69. The van der Waals surface area contributed by atoms with E-state index in [-0.39, 0.29) is 12.2 Å². The summed E-state index contributed by atoms with van der Waals surface area (Å²) in [5.41, 5.74) is 3.40. The van der Waals surface area contributed by atoms with Crippen molar-refractivity contribution in [3.05, 3.63) is 42.2 Å². The topological polar surface area (TPSA) is 76.1 Å². The molecule has 1 saturated heterocycles.